The van der Waals surface area contributed by atoms with Crippen LogP contribution in [0.25, 0.3) is 21.9 Å². The Balaban J connectivity index is 1.87. The molecule has 1 aliphatic rings. The second-order valence-corrected chi connectivity index (χ2v) is 8.98. The van der Waals surface area contributed by atoms with E-state index in [0.717, 1.165) is 31.1 Å². The van der Waals surface area contributed by atoms with Gasteiger partial charge in [-0.25, -0.2) is 4.79 Å². The standard InChI is InChI=1S/C25H29NO5/c1-14(2)26(24(28)16-9-7-15(3)8-10-16)21-12-22-19(11-20(21)25(29)30)18-6-4-5-17(13-27)23(18)31-22/h4-6,11-12,14-16,27H,7-10,13H2,1-3H3,(H,29,30)/t15-,16-. The molecule has 0 radical (unpaired) electrons. The molecule has 0 spiro atoms. The fourth-order valence-corrected chi connectivity index (χ4v) is 4.74. The van der Waals surface area contributed by atoms with Gasteiger partial charge in [-0.15, -0.1) is 0 Å². The predicted octanol–water partition coefficient (Wildman–Crippen LogP) is 5.34. The average Bonchev–Trinajstić information content (AvgIpc) is 3.11. The van der Waals surface area contributed by atoms with Crippen LogP contribution in [0.3, 0.4) is 0 Å². The molecule has 1 fully saturated rings. The highest BCUT2D eigenvalue weighted by atomic mass is 16.4. The summed E-state index contributed by atoms with van der Waals surface area (Å²) in [5.41, 5.74) is 2.13. The van der Waals surface area contributed by atoms with Gasteiger partial charge < -0.3 is 19.5 Å². The number of aromatic carboxylic acids is 1. The minimum Gasteiger partial charge on any atom is -0.478 e. The van der Waals surface area contributed by atoms with E-state index in [1.807, 2.05) is 26.0 Å². The monoisotopic (exact) mass is 423 g/mol. The summed E-state index contributed by atoms with van der Waals surface area (Å²) >= 11 is 0. The Morgan fingerprint density at radius 2 is 1.84 bits per heavy atom. The molecule has 2 aromatic carbocycles. The van der Waals surface area contributed by atoms with Crippen LogP contribution in [-0.4, -0.2) is 28.1 Å². The summed E-state index contributed by atoms with van der Waals surface area (Å²) in [6.45, 7) is 5.84. The highest BCUT2D eigenvalue weighted by Gasteiger charge is 2.33. The van der Waals surface area contributed by atoms with Crippen molar-refractivity contribution in [3.05, 3.63) is 41.5 Å². The molecular weight excluding hydrogens is 394 g/mol. The normalized spacial score (nSPS) is 19.3. The van der Waals surface area contributed by atoms with Crippen molar-refractivity contribution < 1.29 is 24.2 Å². The fourth-order valence-electron chi connectivity index (χ4n) is 4.74. The molecule has 6 nitrogen and oxygen atoms in total. The Hall–Kier alpha value is -2.86. The third-order valence-electron chi connectivity index (χ3n) is 6.48. The smallest absolute Gasteiger partial charge is 0.337 e. The van der Waals surface area contributed by atoms with Gasteiger partial charge >= 0.3 is 5.97 Å². The third-order valence-corrected chi connectivity index (χ3v) is 6.48. The van der Waals surface area contributed by atoms with Crippen LogP contribution in [-0.2, 0) is 11.4 Å². The number of carbonyl (C=O) groups excluding carboxylic acids is 1. The van der Waals surface area contributed by atoms with E-state index < -0.39 is 5.97 Å². The van der Waals surface area contributed by atoms with Crippen LogP contribution in [0.2, 0.25) is 0 Å². The zero-order valence-corrected chi connectivity index (χ0v) is 18.2. The molecule has 1 aromatic heterocycles. The summed E-state index contributed by atoms with van der Waals surface area (Å²) in [4.78, 5) is 27.3. The van der Waals surface area contributed by atoms with Crippen molar-refractivity contribution in [3.8, 4) is 0 Å². The lowest BCUT2D eigenvalue weighted by Gasteiger charge is -2.34. The minimum absolute atomic E-state index is 0.0177. The molecule has 31 heavy (non-hydrogen) atoms. The first-order valence-corrected chi connectivity index (χ1v) is 11.0. The van der Waals surface area contributed by atoms with Crippen LogP contribution in [0.1, 0.15) is 62.4 Å². The summed E-state index contributed by atoms with van der Waals surface area (Å²) in [7, 11) is 0. The van der Waals surface area contributed by atoms with Crippen LogP contribution in [0.15, 0.2) is 34.7 Å². The van der Waals surface area contributed by atoms with Gasteiger partial charge in [0.05, 0.1) is 17.9 Å². The van der Waals surface area contributed by atoms with E-state index in [1.165, 1.54) is 0 Å². The number of aliphatic hydroxyl groups is 1. The van der Waals surface area contributed by atoms with Gasteiger partial charge in [-0.2, -0.15) is 0 Å². The van der Waals surface area contributed by atoms with Gasteiger partial charge in [0.1, 0.15) is 11.2 Å². The fraction of sp³-hybridized carbons (Fsp3) is 0.440. The maximum Gasteiger partial charge on any atom is 0.337 e. The first kappa shape index (κ1) is 21.4. The molecule has 6 heteroatoms. The van der Waals surface area contributed by atoms with Crippen molar-refractivity contribution in [2.24, 2.45) is 11.8 Å². The van der Waals surface area contributed by atoms with E-state index in [2.05, 4.69) is 6.92 Å². The van der Waals surface area contributed by atoms with Crippen LogP contribution >= 0.6 is 0 Å². The molecule has 1 heterocycles. The van der Waals surface area contributed by atoms with Gasteiger partial charge in [-0.05, 0) is 51.5 Å². The minimum atomic E-state index is -1.08. The van der Waals surface area contributed by atoms with Gasteiger partial charge in [-0.3, -0.25) is 4.79 Å². The molecule has 1 aliphatic carbocycles. The summed E-state index contributed by atoms with van der Waals surface area (Å²) in [5.74, 6) is -0.567. The first-order chi connectivity index (χ1) is 14.8. The Labute approximate surface area is 181 Å². The molecule has 1 saturated carbocycles. The van der Waals surface area contributed by atoms with Crippen molar-refractivity contribution in [2.45, 2.75) is 59.1 Å². The molecule has 2 N–H and O–H groups in total. The Morgan fingerprint density at radius 1 is 1.13 bits per heavy atom. The van der Waals surface area contributed by atoms with Crippen molar-refractivity contribution in [3.63, 3.8) is 0 Å². The molecule has 1 amide bonds. The second-order valence-electron chi connectivity index (χ2n) is 8.98. The van der Waals surface area contributed by atoms with Crippen LogP contribution < -0.4 is 4.90 Å². The lowest BCUT2D eigenvalue weighted by Crippen LogP contribution is -2.42. The number of nitrogens with zero attached hydrogens (tertiary/aromatic N) is 1. The number of para-hydroxylation sites is 1. The van der Waals surface area contributed by atoms with E-state index in [0.29, 0.717) is 33.7 Å². The van der Waals surface area contributed by atoms with E-state index in [4.69, 9.17) is 4.42 Å². The lowest BCUT2D eigenvalue weighted by atomic mass is 9.82. The molecule has 0 bridgehead atoms. The molecule has 0 unspecified atom stereocenters. The topological polar surface area (TPSA) is 91.0 Å². The van der Waals surface area contributed by atoms with Gasteiger partial charge in [0, 0.05) is 34.4 Å². The molecule has 0 saturated heterocycles. The van der Waals surface area contributed by atoms with E-state index in [9.17, 15) is 19.8 Å². The number of anilines is 1. The lowest BCUT2D eigenvalue weighted by molar-refractivity contribution is -0.123. The Kier molecular flexibility index (Phi) is 5.75. The van der Waals surface area contributed by atoms with Gasteiger partial charge in [0.15, 0.2) is 0 Å². The number of fused-ring (bicyclic) bond motifs is 3. The molecule has 4 rings (SSSR count). The third kappa shape index (κ3) is 3.81. The first-order valence-electron chi connectivity index (χ1n) is 11.0. The quantitative estimate of drug-likeness (QED) is 0.578. The van der Waals surface area contributed by atoms with E-state index >= 15 is 0 Å². The SMILES string of the molecule is CC(C)N(c1cc2oc3c(CO)cccc3c2cc1C(=O)O)C(=O)[C@H]1CC[C@H](C)CC1. The average molecular weight is 424 g/mol. The number of aliphatic hydroxyl groups excluding tert-OH is 1. The second kappa shape index (κ2) is 8.35. The number of carbonyl (C=O) groups is 2. The van der Waals surface area contributed by atoms with Crippen molar-refractivity contribution >= 4 is 39.5 Å². The summed E-state index contributed by atoms with van der Waals surface area (Å²) in [5, 5.41) is 21.0. The van der Waals surface area contributed by atoms with Crippen molar-refractivity contribution in [1.29, 1.82) is 0 Å². The molecule has 3 aromatic rings. The van der Waals surface area contributed by atoms with Crippen LogP contribution in [0, 0.1) is 11.8 Å². The van der Waals surface area contributed by atoms with Crippen LogP contribution in [0.5, 0.6) is 0 Å². The summed E-state index contributed by atoms with van der Waals surface area (Å²) in [6, 6.07) is 8.50. The molecule has 0 aliphatic heterocycles. The number of amides is 1. The number of benzene rings is 2. The van der Waals surface area contributed by atoms with E-state index in [-0.39, 0.29) is 30.0 Å². The molecule has 0 atom stereocenters. The van der Waals surface area contributed by atoms with Gasteiger partial charge in [-0.1, -0.05) is 25.1 Å². The Morgan fingerprint density at radius 3 is 2.45 bits per heavy atom. The molecule has 164 valence electrons. The number of rotatable bonds is 5. The van der Waals surface area contributed by atoms with Gasteiger partial charge in [0.2, 0.25) is 5.91 Å². The van der Waals surface area contributed by atoms with E-state index in [1.54, 1.807) is 23.1 Å². The number of furan rings is 1. The summed E-state index contributed by atoms with van der Waals surface area (Å²) in [6.07, 6.45) is 3.69. The van der Waals surface area contributed by atoms with Crippen molar-refractivity contribution in [1.82, 2.24) is 0 Å². The Bertz CT molecular complexity index is 1140. The number of hydrogen-bond donors (Lipinski definition) is 2. The maximum atomic E-state index is 13.5. The largest absolute Gasteiger partial charge is 0.478 e. The number of carboxylic acid groups (broad SMARTS) is 1. The van der Waals surface area contributed by atoms with Crippen molar-refractivity contribution in [2.75, 3.05) is 4.90 Å². The molecular formula is C25H29NO5. The van der Waals surface area contributed by atoms with Crippen LogP contribution in [0.4, 0.5) is 5.69 Å². The van der Waals surface area contributed by atoms with Gasteiger partial charge in [0.25, 0.3) is 0 Å². The highest BCUT2D eigenvalue weighted by molar-refractivity contribution is 6.12. The number of carboxylic acids is 1. The zero-order valence-electron chi connectivity index (χ0n) is 18.2. The zero-order chi connectivity index (χ0) is 22.3. The maximum absolute atomic E-state index is 13.5. The predicted molar refractivity (Wildman–Crippen MR) is 120 cm³/mol. The number of hydrogen-bond acceptors (Lipinski definition) is 4. The summed E-state index contributed by atoms with van der Waals surface area (Å²) < 4.78 is 6.03. The highest BCUT2D eigenvalue weighted by Crippen LogP contribution is 2.38.